The van der Waals surface area contributed by atoms with Crippen LogP contribution >= 0.6 is 0 Å². The van der Waals surface area contributed by atoms with Crippen molar-refractivity contribution in [2.45, 2.75) is 25.5 Å². The summed E-state index contributed by atoms with van der Waals surface area (Å²) in [5.41, 5.74) is 1.74. The Morgan fingerprint density at radius 1 is 0.949 bits per heavy atom. The summed E-state index contributed by atoms with van der Waals surface area (Å²) in [6.45, 7) is 4.35. The van der Waals surface area contributed by atoms with Gasteiger partial charge in [0.15, 0.2) is 6.10 Å². The summed E-state index contributed by atoms with van der Waals surface area (Å²) in [6.07, 6.45) is 4.67. The van der Waals surface area contributed by atoms with E-state index in [1.54, 1.807) is 40.5 Å². The molecule has 1 aromatic carbocycles. The van der Waals surface area contributed by atoms with Crippen molar-refractivity contribution in [2.24, 2.45) is 11.1 Å². The molecule has 0 bridgehead atoms. The van der Waals surface area contributed by atoms with Gasteiger partial charge in [-0.05, 0) is 25.1 Å². The highest BCUT2D eigenvalue weighted by molar-refractivity contribution is 5.98. The second kappa shape index (κ2) is 10.3. The molecule has 0 N–H and O–H groups in total. The van der Waals surface area contributed by atoms with Crippen LogP contribution in [0.2, 0.25) is 0 Å². The van der Waals surface area contributed by atoms with Gasteiger partial charge in [0, 0.05) is 45.2 Å². The van der Waals surface area contributed by atoms with Crippen molar-refractivity contribution in [1.29, 1.82) is 0 Å². The minimum absolute atomic E-state index is 0.0418. The minimum atomic E-state index is -0.631. The van der Waals surface area contributed by atoms with Gasteiger partial charge < -0.3 is 24.2 Å². The monoisotopic (exact) mass is 529 g/mol. The third-order valence-electron chi connectivity index (χ3n) is 7.16. The van der Waals surface area contributed by atoms with Crippen LogP contribution in [0.25, 0.3) is 0 Å². The molecule has 3 fully saturated rings. The van der Waals surface area contributed by atoms with Crippen LogP contribution in [0, 0.1) is 17.7 Å². The number of benzene rings is 1. The number of likely N-dealkylation sites (tertiary alicyclic amines) is 1. The molecule has 0 aliphatic carbocycles. The van der Waals surface area contributed by atoms with Gasteiger partial charge in [-0.3, -0.25) is 9.59 Å². The lowest BCUT2D eigenvalue weighted by molar-refractivity contribution is -0.140. The topological polar surface area (TPSA) is 130 Å². The minimum Gasteiger partial charge on any atom is -0.479 e. The highest BCUT2D eigenvalue weighted by Crippen LogP contribution is 2.29. The Morgan fingerprint density at radius 3 is 2.33 bits per heavy atom. The van der Waals surface area contributed by atoms with E-state index in [1.165, 1.54) is 0 Å². The Bertz CT molecular complexity index is 1350. The third-order valence-corrected chi connectivity index (χ3v) is 7.16. The number of hydrogen-bond acceptors (Lipinski definition) is 10. The second-order valence-electron chi connectivity index (χ2n) is 9.98. The Morgan fingerprint density at radius 2 is 1.67 bits per heavy atom. The molecule has 12 heteroatoms. The molecule has 3 aromatic rings. The fraction of sp³-hybridized carbons (Fsp3) is 0.370. The van der Waals surface area contributed by atoms with E-state index >= 15 is 0 Å². The van der Waals surface area contributed by atoms with E-state index in [0.717, 1.165) is 5.56 Å². The predicted octanol–water partition coefficient (Wildman–Crippen LogP) is 2.57. The van der Waals surface area contributed by atoms with Crippen LogP contribution in [0.5, 0.6) is 17.4 Å². The summed E-state index contributed by atoms with van der Waals surface area (Å²) >= 11 is 0. The smallest absolute Gasteiger partial charge is 0.268 e. The van der Waals surface area contributed by atoms with E-state index < -0.39 is 6.10 Å². The molecule has 2 amide bonds. The van der Waals surface area contributed by atoms with Gasteiger partial charge in [-0.2, -0.15) is 4.91 Å². The summed E-state index contributed by atoms with van der Waals surface area (Å²) < 4.78 is 11.7. The molecular weight excluding hydrogens is 502 g/mol. The van der Waals surface area contributed by atoms with E-state index in [2.05, 4.69) is 20.1 Å². The summed E-state index contributed by atoms with van der Waals surface area (Å²) in [4.78, 5) is 54.2. The van der Waals surface area contributed by atoms with E-state index in [-0.39, 0.29) is 23.8 Å². The first-order valence-electron chi connectivity index (χ1n) is 12.8. The molecule has 0 radical (unpaired) electrons. The maximum absolute atomic E-state index is 13.0. The zero-order valence-corrected chi connectivity index (χ0v) is 21.3. The number of pyridine rings is 1. The first-order chi connectivity index (χ1) is 19.0. The Labute approximate surface area is 224 Å². The van der Waals surface area contributed by atoms with Crippen LogP contribution in [0.3, 0.4) is 0 Å². The van der Waals surface area contributed by atoms with Crippen molar-refractivity contribution >= 4 is 23.5 Å². The average molecular weight is 530 g/mol. The largest absolute Gasteiger partial charge is 0.479 e. The number of aryl methyl sites for hydroxylation is 1. The van der Waals surface area contributed by atoms with E-state index in [4.69, 9.17) is 9.47 Å². The van der Waals surface area contributed by atoms with Crippen LogP contribution in [0.1, 0.15) is 12.0 Å². The molecule has 3 saturated heterocycles. The van der Waals surface area contributed by atoms with Gasteiger partial charge in [0.25, 0.3) is 5.91 Å². The number of aromatic nitrogens is 3. The van der Waals surface area contributed by atoms with Gasteiger partial charge >= 0.3 is 0 Å². The first-order valence-corrected chi connectivity index (χ1v) is 12.8. The molecule has 0 spiro atoms. The van der Waals surface area contributed by atoms with Crippen molar-refractivity contribution in [3.8, 4) is 17.4 Å². The number of ether oxygens (including phenoxy) is 2. The number of nitroso groups, excluding NO2 is 1. The Kier molecular flexibility index (Phi) is 6.51. The number of hydrogen-bond donors (Lipinski definition) is 0. The normalized spacial score (nSPS) is 19.5. The maximum atomic E-state index is 13.0. The summed E-state index contributed by atoms with van der Waals surface area (Å²) in [6, 6.07) is 10.8. The van der Waals surface area contributed by atoms with Crippen molar-refractivity contribution in [3.63, 3.8) is 0 Å². The standard InChI is InChI=1S/C27H27N7O5/c1-17-2-4-21(5-3-17)39-24-7-6-22(12-28-24)38-23-8-9-34(26(23)36)20-10-29-27(30-11-20)33-13-18(14-33)25(35)32-15-19(16-32)31-37/h2-7,10-12,18-19,23H,8-9,13-16H2,1H3/t23-/m1/s1. The SMILES string of the molecule is Cc1ccc(Oc2ccc(O[C@@H]3CCN(c4cnc(N5CC(C(=O)N6CC(N=O)C6)C5)nc4)C3=O)cn2)cc1. The highest BCUT2D eigenvalue weighted by Gasteiger charge is 2.41. The molecule has 12 nitrogen and oxygen atoms in total. The summed E-state index contributed by atoms with van der Waals surface area (Å²) in [5.74, 6) is 1.87. The van der Waals surface area contributed by atoms with Crippen LogP contribution in [-0.2, 0) is 9.59 Å². The molecule has 1 atom stereocenters. The van der Waals surface area contributed by atoms with Crippen LogP contribution < -0.4 is 19.3 Å². The molecule has 0 saturated carbocycles. The van der Waals surface area contributed by atoms with E-state index in [9.17, 15) is 14.5 Å². The van der Waals surface area contributed by atoms with Crippen molar-refractivity contribution in [2.75, 3.05) is 42.5 Å². The Balaban J connectivity index is 0.996. The van der Waals surface area contributed by atoms with Gasteiger partial charge in [-0.15, -0.1) is 0 Å². The fourth-order valence-corrected chi connectivity index (χ4v) is 4.78. The number of nitrogens with zero attached hydrogens (tertiary/aromatic N) is 7. The lowest BCUT2D eigenvalue weighted by Crippen LogP contribution is -2.61. The van der Waals surface area contributed by atoms with Gasteiger partial charge in [0.2, 0.25) is 17.7 Å². The lowest BCUT2D eigenvalue weighted by atomic mass is 9.96. The molecule has 200 valence electrons. The number of rotatable bonds is 8. The van der Waals surface area contributed by atoms with Gasteiger partial charge in [-0.25, -0.2) is 15.0 Å². The molecule has 2 aromatic heterocycles. The number of amides is 2. The molecule has 3 aliphatic heterocycles. The average Bonchev–Trinajstić information content (AvgIpc) is 3.25. The van der Waals surface area contributed by atoms with Crippen molar-refractivity contribution in [3.05, 3.63) is 65.5 Å². The predicted molar refractivity (Wildman–Crippen MR) is 141 cm³/mol. The van der Waals surface area contributed by atoms with Gasteiger partial charge in [-0.1, -0.05) is 22.9 Å². The quantitative estimate of drug-likeness (QED) is 0.404. The zero-order chi connectivity index (χ0) is 26.9. The van der Waals surface area contributed by atoms with Crippen molar-refractivity contribution < 1.29 is 19.1 Å². The molecule has 5 heterocycles. The molecule has 39 heavy (non-hydrogen) atoms. The van der Waals surface area contributed by atoms with E-state index in [0.29, 0.717) is 68.2 Å². The van der Waals surface area contributed by atoms with E-state index in [1.807, 2.05) is 36.1 Å². The van der Waals surface area contributed by atoms with Crippen LogP contribution in [0.4, 0.5) is 11.6 Å². The van der Waals surface area contributed by atoms with Crippen LogP contribution in [0.15, 0.2) is 60.2 Å². The number of carbonyl (C=O) groups is 2. The molecular formula is C27H27N7O5. The third kappa shape index (κ3) is 5.09. The Hall–Kier alpha value is -4.61. The maximum Gasteiger partial charge on any atom is 0.268 e. The molecule has 6 rings (SSSR count). The summed E-state index contributed by atoms with van der Waals surface area (Å²) in [7, 11) is 0. The van der Waals surface area contributed by atoms with Crippen LogP contribution in [-0.4, -0.2) is 76.5 Å². The van der Waals surface area contributed by atoms with Crippen molar-refractivity contribution in [1.82, 2.24) is 19.9 Å². The lowest BCUT2D eigenvalue weighted by Gasteiger charge is -2.44. The van der Waals surface area contributed by atoms with Gasteiger partial charge in [0.05, 0.1) is 30.2 Å². The molecule has 0 unspecified atom stereocenters. The zero-order valence-electron chi connectivity index (χ0n) is 21.3. The number of carbonyl (C=O) groups excluding carboxylic acids is 2. The first kappa shape index (κ1) is 24.7. The van der Waals surface area contributed by atoms with Gasteiger partial charge in [0.1, 0.15) is 17.5 Å². The summed E-state index contributed by atoms with van der Waals surface area (Å²) in [5, 5.41) is 2.96. The second-order valence-corrected chi connectivity index (χ2v) is 9.98. The highest BCUT2D eigenvalue weighted by atomic mass is 16.5. The molecule has 3 aliphatic rings. The fourth-order valence-electron chi connectivity index (χ4n) is 4.78. The number of anilines is 2.